The minimum atomic E-state index is -1.41. The highest BCUT2D eigenvalue weighted by atomic mass is 16.4. The smallest absolute Gasteiger partial charge is 0.317 e. The molecule has 6 nitrogen and oxygen atoms in total. The Labute approximate surface area is 134 Å². The Balaban J connectivity index is 2.28. The molecular formula is C17H20N2O4. The lowest BCUT2D eigenvalue weighted by Crippen LogP contribution is -2.24. The first kappa shape index (κ1) is 16.7. The number of carboxylic acids is 2. The molecule has 0 saturated carbocycles. The van der Waals surface area contributed by atoms with E-state index in [1.807, 2.05) is 49.6 Å². The van der Waals surface area contributed by atoms with Gasteiger partial charge in [0.1, 0.15) is 5.82 Å². The molecule has 23 heavy (non-hydrogen) atoms. The number of pyridine rings is 1. The van der Waals surface area contributed by atoms with Gasteiger partial charge in [0.2, 0.25) is 0 Å². The molecule has 0 atom stereocenters. The summed E-state index contributed by atoms with van der Waals surface area (Å²) in [5, 5.41) is 17.9. The molecule has 2 N–H and O–H groups in total. The zero-order chi connectivity index (χ0) is 17.1. The summed E-state index contributed by atoms with van der Waals surface area (Å²) < 4.78 is 2.02. The molecule has 2 aromatic rings. The number of aromatic nitrogens is 2. The second-order valence-electron chi connectivity index (χ2n) is 5.71. The van der Waals surface area contributed by atoms with Gasteiger partial charge in [0.25, 0.3) is 0 Å². The predicted octanol–water partition coefficient (Wildman–Crippen LogP) is 2.52. The fourth-order valence-electron chi connectivity index (χ4n) is 2.64. The molecule has 0 unspecified atom stereocenters. The van der Waals surface area contributed by atoms with Gasteiger partial charge >= 0.3 is 11.9 Å². The quantitative estimate of drug-likeness (QED) is 0.799. The number of carboxylic acid groups (broad SMARTS) is 2. The molecule has 0 aliphatic carbocycles. The summed E-state index contributed by atoms with van der Waals surface area (Å²) in [6, 6.07) is 7.82. The average molecular weight is 316 g/mol. The number of aryl methyl sites for hydroxylation is 4. The summed E-state index contributed by atoms with van der Waals surface area (Å²) in [6.45, 7) is 5.91. The molecule has 6 heteroatoms. The van der Waals surface area contributed by atoms with Crippen LogP contribution in [0.2, 0.25) is 0 Å². The van der Waals surface area contributed by atoms with E-state index < -0.39 is 17.9 Å². The number of nitrogens with zero attached hydrogens (tertiary/aromatic N) is 2. The van der Waals surface area contributed by atoms with Crippen LogP contribution in [0.4, 0.5) is 0 Å². The normalized spacial score (nSPS) is 11.0. The molecule has 0 aliphatic rings. The second-order valence-corrected chi connectivity index (χ2v) is 5.71. The molecule has 0 spiro atoms. The summed E-state index contributed by atoms with van der Waals surface area (Å²) in [7, 11) is 0. The molecule has 2 heterocycles. The van der Waals surface area contributed by atoms with E-state index in [0.29, 0.717) is 12.1 Å². The van der Waals surface area contributed by atoms with Crippen molar-refractivity contribution in [1.82, 2.24) is 9.55 Å². The summed E-state index contributed by atoms with van der Waals surface area (Å²) in [4.78, 5) is 26.5. The first-order valence-electron chi connectivity index (χ1n) is 7.38. The third kappa shape index (κ3) is 3.77. The first-order valence-corrected chi connectivity index (χ1v) is 7.38. The largest absolute Gasteiger partial charge is 0.481 e. The Hall–Kier alpha value is -2.63. The molecule has 0 radical (unpaired) electrons. The number of carbonyl (C=O) groups is 2. The SMILES string of the molecule is Cc1cc(CCC(C(=O)O)C(=O)O)nc(-n2c(C)ccc2C)c1. The van der Waals surface area contributed by atoms with Crippen LogP contribution in [0.3, 0.4) is 0 Å². The molecule has 0 saturated heterocycles. The van der Waals surface area contributed by atoms with Crippen LogP contribution in [-0.2, 0) is 16.0 Å². The third-order valence-electron chi connectivity index (χ3n) is 3.79. The molecule has 122 valence electrons. The first-order chi connectivity index (χ1) is 10.8. The van der Waals surface area contributed by atoms with Gasteiger partial charge in [0, 0.05) is 17.1 Å². The number of hydrogen-bond acceptors (Lipinski definition) is 3. The van der Waals surface area contributed by atoms with Gasteiger partial charge < -0.3 is 14.8 Å². The lowest BCUT2D eigenvalue weighted by molar-refractivity contribution is -0.154. The van der Waals surface area contributed by atoms with E-state index in [1.165, 1.54) is 0 Å². The van der Waals surface area contributed by atoms with Crippen LogP contribution >= 0.6 is 0 Å². The summed E-state index contributed by atoms with van der Waals surface area (Å²) in [5.74, 6) is -3.28. The van der Waals surface area contributed by atoms with Crippen molar-refractivity contribution < 1.29 is 19.8 Å². The second kappa shape index (κ2) is 6.64. The van der Waals surface area contributed by atoms with Crippen LogP contribution in [0.5, 0.6) is 0 Å². The number of rotatable bonds is 6. The summed E-state index contributed by atoms with van der Waals surface area (Å²) >= 11 is 0. The molecular weight excluding hydrogens is 296 g/mol. The highest BCUT2D eigenvalue weighted by molar-refractivity contribution is 5.92. The zero-order valence-electron chi connectivity index (χ0n) is 13.4. The van der Waals surface area contributed by atoms with Gasteiger partial charge in [-0.3, -0.25) is 9.59 Å². The Morgan fingerprint density at radius 3 is 2.17 bits per heavy atom. The van der Waals surface area contributed by atoms with E-state index in [2.05, 4.69) is 4.98 Å². The maximum atomic E-state index is 11.0. The monoisotopic (exact) mass is 316 g/mol. The minimum Gasteiger partial charge on any atom is -0.481 e. The molecule has 0 bridgehead atoms. The predicted molar refractivity (Wildman–Crippen MR) is 84.9 cm³/mol. The molecule has 0 fully saturated rings. The van der Waals surface area contributed by atoms with E-state index in [1.54, 1.807) is 0 Å². The van der Waals surface area contributed by atoms with Crippen LogP contribution in [0.25, 0.3) is 5.82 Å². The fourth-order valence-corrected chi connectivity index (χ4v) is 2.64. The van der Waals surface area contributed by atoms with Crippen molar-refractivity contribution in [1.29, 1.82) is 0 Å². The van der Waals surface area contributed by atoms with Crippen molar-refractivity contribution in [2.75, 3.05) is 0 Å². The topological polar surface area (TPSA) is 92.4 Å². The fraction of sp³-hybridized carbons (Fsp3) is 0.353. The number of aliphatic carboxylic acids is 2. The molecule has 0 amide bonds. The van der Waals surface area contributed by atoms with E-state index in [0.717, 1.165) is 22.8 Å². The Bertz CT molecular complexity index is 716. The van der Waals surface area contributed by atoms with Crippen LogP contribution in [0.15, 0.2) is 24.3 Å². The summed E-state index contributed by atoms with van der Waals surface area (Å²) in [6.07, 6.45) is 0.321. The van der Waals surface area contributed by atoms with Crippen molar-refractivity contribution in [2.45, 2.75) is 33.6 Å². The van der Waals surface area contributed by atoms with Crippen molar-refractivity contribution >= 4 is 11.9 Å². The molecule has 2 aromatic heterocycles. The van der Waals surface area contributed by atoms with Gasteiger partial charge in [0.05, 0.1) is 0 Å². The van der Waals surface area contributed by atoms with Crippen LogP contribution in [-0.4, -0.2) is 31.7 Å². The molecule has 0 aromatic carbocycles. The zero-order valence-corrected chi connectivity index (χ0v) is 13.4. The standard InChI is InChI=1S/C17H20N2O4/c1-10-8-13(6-7-14(16(20)21)17(22)23)18-15(9-10)19-11(2)4-5-12(19)3/h4-5,8-9,14H,6-7H2,1-3H3,(H,20,21)(H,22,23). The third-order valence-corrected chi connectivity index (χ3v) is 3.79. The maximum absolute atomic E-state index is 11.0. The Morgan fingerprint density at radius 2 is 1.65 bits per heavy atom. The Morgan fingerprint density at radius 1 is 1.09 bits per heavy atom. The minimum absolute atomic E-state index is 0.0181. The maximum Gasteiger partial charge on any atom is 0.317 e. The summed E-state index contributed by atoms with van der Waals surface area (Å²) in [5.41, 5.74) is 3.81. The van der Waals surface area contributed by atoms with Crippen molar-refractivity contribution in [2.24, 2.45) is 5.92 Å². The van der Waals surface area contributed by atoms with Gasteiger partial charge in [-0.25, -0.2) is 4.98 Å². The van der Waals surface area contributed by atoms with Crippen molar-refractivity contribution in [3.8, 4) is 5.82 Å². The van der Waals surface area contributed by atoms with Crippen molar-refractivity contribution in [3.05, 3.63) is 46.9 Å². The van der Waals surface area contributed by atoms with E-state index >= 15 is 0 Å². The van der Waals surface area contributed by atoms with Crippen molar-refractivity contribution in [3.63, 3.8) is 0 Å². The van der Waals surface area contributed by atoms with Crippen LogP contribution in [0.1, 0.15) is 29.1 Å². The number of hydrogen-bond donors (Lipinski definition) is 2. The highest BCUT2D eigenvalue weighted by Crippen LogP contribution is 2.18. The molecule has 2 rings (SSSR count). The van der Waals surface area contributed by atoms with Crippen LogP contribution in [0, 0.1) is 26.7 Å². The van der Waals surface area contributed by atoms with E-state index in [9.17, 15) is 9.59 Å². The Kier molecular flexibility index (Phi) is 4.83. The lowest BCUT2D eigenvalue weighted by Gasteiger charge is -2.12. The van der Waals surface area contributed by atoms with Gasteiger partial charge in [-0.05, 0) is 63.4 Å². The van der Waals surface area contributed by atoms with Crippen LogP contribution < -0.4 is 0 Å². The molecule has 0 aliphatic heterocycles. The van der Waals surface area contributed by atoms with Gasteiger partial charge in [-0.15, -0.1) is 0 Å². The lowest BCUT2D eigenvalue weighted by atomic mass is 10.0. The van der Waals surface area contributed by atoms with Gasteiger partial charge in [-0.2, -0.15) is 0 Å². The van der Waals surface area contributed by atoms with E-state index in [4.69, 9.17) is 10.2 Å². The van der Waals surface area contributed by atoms with Gasteiger partial charge in [-0.1, -0.05) is 0 Å². The van der Waals surface area contributed by atoms with Gasteiger partial charge in [0.15, 0.2) is 5.92 Å². The highest BCUT2D eigenvalue weighted by Gasteiger charge is 2.25. The average Bonchev–Trinajstić information content (AvgIpc) is 2.77. The van der Waals surface area contributed by atoms with E-state index in [-0.39, 0.29) is 6.42 Å².